The van der Waals surface area contributed by atoms with E-state index < -0.39 is 17.9 Å². The molecule has 1 N–H and O–H groups in total. The molecule has 0 spiro atoms. The molecule has 2 aromatic carbocycles. The van der Waals surface area contributed by atoms with Crippen molar-refractivity contribution < 1.29 is 19.4 Å². The normalized spacial score (nSPS) is 16.1. The van der Waals surface area contributed by atoms with Crippen LogP contribution in [0.5, 0.6) is 5.75 Å². The van der Waals surface area contributed by atoms with Crippen molar-refractivity contribution in [3.63, 3.8) is 0 Å². The second kappa shape index (κ2) is 8.44. The molecule has 31 heavy (non-hydrogen) atoms. The van der Waals surface area contributed by atoms with Gasteiger partial charge in [-0.2, -0.15) is 20.3 Å². The third kappa shape index (κ3) is 4.05. The molecular weight excluding hydrogens is 418 g/mol. The summed E-state index contributed by atoms with van der Waals surface area (Å²) >= 11 is 1.29. The first-order valence-corrected chi connectivity index (χ1v) is 10.1. The highest BCUT2D eigenvalue weighted by Crippen LogP contribution is 2.31. The molecule has 1 aromatic heterocycles. The van der Waals surface area contributed by atoms with E-state index in [1.807, 2.05) is 29.6 Å². The van der Waals surface area contributed by atoms with Crippen molar-refractivity contribution in [2.45, 2.75) is 13.0 Å². The Morgan fingerprint density at radius 1 is 1.19 bits per heavy atom. The van der Waals surface area contributed by atoms with Gasteiger partial charge < -0.3 is 9.84 Å². The number of aromatic nitrogens is 1. The van der Waals surface area contributed by atoms with Gasteiger partial charge in [0.1, 0.15) is 5.75 Å². The van der Waals surface area contributed by atoms with Crippen LogP contribution in [0.15, 0.2) is 69.2 Å². The molecule has 156 valence electrons. The molecule has 0 bridgehead atoms. The van der Waals surface area contributed by atoms with Crippen LogP contribution in [0.25, 0.3) is 11.3 Å². The number of amides is 1. The third-order valence-electron chi connectivity index (χ3n) is 4.57. The van der Waals surface area contributed by atoms with Crippen molar-refractivity contribution >= 4 is 39.7 Å². The van der Waals surface area contributed by atoms with Gasteiger partial charge in [-0.15, -0.1) is 11.3 Å². The number of hydrogen-bond donors (Lipinski definition) is 1. The Hall–Kier alpha value is -3.92. The van der Waals surface area contributed by atoms with E-state index in [0.29, 0.717) is 16.5 Å². The summed E-state index contributed by atoms with van der Waals surface area (Å²) in [5.74, 6) is -0.773. The average Bonchev–Trinajstić information content (AvgIpc) is 3.37. The topological polar surface area (TPSA) is 117 Å². The first-order chi connectivity index (χ1) is 15.0. The predicted molar refractivity (Wildman–Crippen MR) is 116 cm³/mol. The van der Waals surface area contributed by atoms with Crippen molar-refractivity contribution in [3.05, 3.63) is 59.5 Å². The molecule has 9 nitrogen and oxygen atoms in total. The summed E-state index contributed by atoms with van der Waals surface area (Å²) in [4.78, 5) is 28.7. The van der Waals surface area contributed by atoms with Crippen LogP contribution >= 0.6 is 11.3 Å². The summed E-state index contributed by atoms with van der Waals surface area (Å²) in [6.07, 6.45) is 0. The van der Waals surface area contributed by atoms with Crippen LogP contribution in [-0.2, 0) is 4.79 Å². The zero-order valence-electron chi connectivity index (χ0n) is 16.6. The molecule has 0 unspecified atom stereocenters. The Morgan fingerprint density at radius 3 is 2.65 bits per heavy atom. The Morgan fingerprint density at radius 2 is 1.94 bits per heavy atom. The van der Waals surface area contributed by atoms with Gasteiger partial charge in [-0.3, -0.25) is 4.79 Å². The number of carbonyl (C=O) groups is 2. The van der Waals surface area contributed by atoms with E-state index in [1.54, 1.807) is 26.2 Å². The summed E-state index contributed by atoms with van der Waals surface area (Å²) in [7, 11) is 1.60. The minimum absolute atomic E-state index is 0.00667. The molecule has 2 heterocycles. The Labute approximate surface area is 181 Å². The maximum Gasteiger partial charge on any atom is 0.337 e. The standard InChI is InChI=1S/C21H17N5O4S/c1-12-18(24-23-16-6-4-3-5-15(16)20(28)29)19(27)26(25-12)21-22-17(11-31-21)13-7-9-14(30-2)10-8-13/h3-11,18H,1-2H3,(H,28,29)/t18-/m0/s1. The van der Waals surface area contributed by atoms with Gasteiger partial charge in [0, 0.05) is 10.9 Å². The van der Waals surface area contributed by atoms with Crippen molar-refractivity contribution in [3.8, 4) is 17.0 Å². The van der Waals surface area contributed by atoms with Gasteiger partial charge in [-0.1, -0.05) is 12.1 Å². The number of hydrogen-bond acceptors (Lipinski definition) is 8. The molecule has 0 fully saturated rings. The monoisotopic (exact) mass is 435 g/mol. The number of carboxylic acid groups (broad SMARTS) is 1. The van der Waals surface area contributed by atoms with Crippen molar-refractivity contribution in [2.24, 2.45) is 15.3 Å². The highest BCUT2D eigenvalue weighted by molar-refractivity contribution is 7.14. The number of thiazole rings is 1. The fraction of sp³-hybridized carbons (Fsp3) is 0.143. The summed E-state index contributed by atoms with van der Waals surface area (Å²) in [5, 5.41) is 25.1. The van der Waals surface area contributed by atoms with Crippen LogP contribution in [0.1, 0.15) is 17.3 Å². The first-order valence-electron chi connectivity index (χ1n) is 9.20. The summed E-state index contributed by atoms with van der Waals surface area (Å²) in [6.45, 7) is 1.67. The van der Waals surface area contributed by atoms with Crippen LogP contribution < -0.4 is 9.75 Å². The van der Waals surface area contributed by atoms with Gasteiger partial charge in [0.05, 0.1) is 29.8 Å². The lowest BCUT2D eigenvalue weighted by molar-refractivity contribution is -0.117. The van der Waals surface area contributed by atoms with E-state index in [2.05, 4.69) is 20.3 Å². The number of benzene rings is 2. The lowest BCUT2D eigenvalue weighted by atomic mass is 10.2. The second-order valence-electron chi connectivity index (χ2n) is 6.58. The van der Waals surface area contributed by atoms with Gasteiger partial charge in [-0.05, 0) is 43.3 Å². The third-order valence-corrected chi connectivity index (χ3v) is 5.39. The average molecular weight is 435 g/mol. The quantitative estimate of drug-likeness (QED) is 0.576. The molecule has 1 aliphatic rings. The number of carboxylic acids is 1. The highest BCUT2D eigenvalue weighted by atomic mass is 32.1. The number of hydrazone groups is 1. The highest BCUT2D eigenvalue weighted by Gasteiger charge is 2.36. The number of nitrogens with zero attached hydrogens (tertiary/aromatic N) is 5. The second-order valence-corrected chi connectivity index (χ2v) is 7.41. The SMILES string of the molecule is COc1ccc(-c2csc(N3N=C(C)[C@H](N=Nc4ccccc4C(=O)O)C3=O)n2)cc1. The Balaban J connectivity index is 1.54. The van der Waals surface area contributed by atoms with Crippen LogP contribution in [0.3, 0.4) is 0 Å². The van der Waals surface area contributed by atoms with Crippen LogP contribution in [0, 0.1) is 0 Å². The molecule has 10 heteroatoms. The molecule has 1 atom stereocenters. The molecule has 0 radical (unpaired) electrons. The van der Waals surface area contributed by atoms with E-state index in [-0.39, 0.29) is 11.3 Å². The number of azo groups is 1. The number of anilines is 1. The summed E-state index contributed by atoms with van der Waals surface area (Å²) < 4.78 is 5.16. The Kier molecular flexibility index (Phi) is 5.54. The van der Waals surface area contributed by atoms with Gasteiger partial charge in [0.2, 0.25) is 5.13 Å². The molecule has 4 rings (SSSR count). The number of methoxy groups -OCH3 is 1. The molecule has 3 aromatic rings. The van der Waals surface area contributed by atoms with E-state index in [4.69, 9.17) is 4.74 Å². The minimum Gasteiger partial charge on any atom is -0.497 e. The predicted octanol–water partition coefficient (Wildman–Crippen LogP) is 4.39. The van der Waals surface area contributed by atoms with Gasteiger partial charge in [-0.25, -0.2) is 9.78 Å². The fourth-order valence-electron chi connectivity index (χ4n) is 2.94. The lowest BCUT2D eigenvalue weighted by Gasteiger charge is -2.08. The van der Waals surface area contributed by atoms with Gasteiger partial charge >= 0.3 is 5.97 Å². The lowest BCUT2D eigenvalue weighted by Crippen LogP contribution is -2.29. The maximum atomic E-state index is 12.9. The van der Waals surface area contributed by atoms with Crippen molar-refractivity contribution in [1.82, 2.24) is 4.98 Å². The zero-order chi connectivity index (χ0) is 22.0. The van der Waals surface area contributed by atoms with Crippen molar-refractivity contribution in [1.29, 1.82) is 0 Å². The van der Waals surface area contributed by atoms with E-state index in [9.17, 15) is 14.7 Å². The fourth-order valence-corrected chi connectivity index (χ4v) is 3.73. The molecule has 1 aliphatic heterocycles. The molecule has 0 aliphatic carbocycles. The van der Waals surface area contributed by atoms with E-state index >= 15 is 0 Å². The minimum atomic E-state index is -1.12. The zero-order valence-corrected chi connectivity index (χ0v) is 17.4. The molecule has 1 amide bonds. The molecular formula is C21H17N5O4S. The number of aromatic carboxylic acids is 1. The summed E-state index contributed by atoms with van der Waals surface area (Å²) in [6, 6.07) is 12.7. The largest absolute Gasteiger partial charge is 0.497 e. The van der Waals surface area contributed by atoms with Crippen LogP contribution in [0.2, 0.25) is 0 Å². The first kappa shape index (κ1) is 20.4. The number of carbonyl (C=O) groups excluding carboxylic acids is 1. The van der Waals surface area contributed by atoms with Gasteiger partial charge in [0.25, 0.3) is 5.91 Å². The van der Waals surface area contributed by atoms with E-state index in [0.717, 1.165) is 11.3 Å². The summed E-state index contributed by atoms with van der Waals surface area (Å²) in [5.41, 5.74) is 2.22. The van der Waals surface area contributed by atoms with Crippen LogP contribution in [-0.4, -0.2) is 40.8 Å². The Bertz CT molecular complexity index is 1200. The van der Waals surface area contributed by atoms with E-state index in [1.165, 1.54) is 28.5 Å². The molecule has 0 saturated carbocycles. The van der Waals surface area contributed by atoms with Crippen LogP contribution in [0.4, 0.5) is 10.8 Å². The maximum absolute atomic E-state index is 12.9. The van der Waals surface area contributed by atoms with Crippen molar-refractivity contribution in [2.75, 3.05) is 12.1 Å². The number of ether oxygens (including phenoxy) is 1. The smallest absolute Gasteiger partial charge is 0.337 e. The number of rotatable bonds is 6. The molecule has 0 saturated heterocycles. The van der Waals surface area contributed by atoms with Gasteiger partial charge in [0.15, 0.2) is 6.04 Å².